The van der Waals surface area contributed by atoms with Gasteiger partial charge in [0.1, 0.15) is 5.52 Å². The van der Waals surface area contributed by atoms with Crippen molar-refractivity contribution in [2.75, 3.05) is 18.0 Å². The Morgan fingerprint density at radius 1 is 1.18 bits per heavy atom. The summed E-state index contributed by atoms with van der Waals surface area (Å²) in [6, 6.07) is 12.0. The highest BCUT2D eigenvalue weighted by atomic mass is 16.1. The van der Waals surface area contributed by atoms with Gasteiger partial charge in [-0.3, -0.25) is 4.79 Å². The van der Waals surface area contributed by atoms with E-state index in [0.717, 1.165) is 47.5 Å². The molecule has 1 amide bonds. The molecule has 1 saturated heterocycles. The molecule has 144 valence electrons. The predicted octanol–water partition coefficient (Wildman–Crippen LogP) is 3.17. The number of aryl methyl sites for hydroxylation is 2. The van der Waals surface area contributed by atoms with Gasteiger partial charge in [-0.05, 0) is 38.3 Å². The molecule has 3 heterocycles. The van der Waals surface area contributed by atoms with Crippen molar-refractivity contribution in [3.8, 4) is 0 Å². The van der Waals surface area contributed by atoms with E-state index in [1.807, 2.05) is 56.4 Å². The summed E-state index contributed by atoms with van der Waals surface area (Å²) in [6.45, 7) is 6.10. The van der Waals surface area contributed by atoms with Crippen LogP contribution in [0.5, 0.6) is 0 Å². The maximum Gasteiger partial charge on any atom is 0.225 e. The lowest BCUT2D eigenvalue weighted by atomic mass is 9.96. The molecule has 3 aromatic rings. The first-order chi connectivity index (χ1) is 13.6. The highest BCUT2D eigenvalue weighted by Crippen LogP contribution is 2.25. The summed E-state index contributed by atoms with van der Waals surface area (Å²) in [4.78, 5) is 28.5. The number of aromatic nitrogens is 3. The number of carbonyl (C=O) groups excluding carboxylic acids is 1. The molecular weight excluding hydrogens is 350 g/mol. The molecule has 1 aliphatic rings. The van der Waals surface area contributed by atoms with Gasteiger partial charge in [0.25, 0.3) is 0 Å². The Morgan fingerprint density at radius 3 is 2.79 bits per heavy atom. The molecule has 0 radical (unpaired) electrons. The lowest BCUT2D eigenvalue weighted by Crippen LogP contribution is -2.43. The molecule has 28 heavy (non-hydrogen) atoms. The number of anilines is 1. The number of hydrogen-bond donors (Lipinski definition) is 1. The first-order valence-corrected chi connectivity index (χ1v) is 9.78. The number of fused-ring (bicyclic) bond motifs is 1. The Bertz CT molecular complexity index is 989. The van der Waals surface area contributed by atoms with Gasteiger partial charge in [0.05, 0.1) is 29.2 Å². The van der Waals surface area contributed by atoms with Crippen molar-refractivity contribution in [2.45, 2.75) is 33.2 Å². The largest absolute Gasteiger partial charge is 0.369 e. The number of carbonyl (C=O) groups is 1. The first kappa shape index (κ1) is 18.3. The van der Waals surface area contributed by atoms with Crippen LogP contribution in [-0.4, -0.2) is 33.9 Å². The Balaban J connectivity index is 1.45. The molecule has 6 heteroatoms. The second-order valence-electron chi connectivity index (χ2n) is 7.42. The maximum atomic E-state index is 12.7. The minimum Gasteiger partial charge on any atom is -0.369 e. The second kappa shape index (κ2) is 7.92. The zero-order valence-corrected chi connectivity index (χ0v) is 16.4. The summed E-state index contributed by atoms with van der Waals surface area (Å²) < 4.78 is 0. The van der Waals surface area contributed by atoms with Crippen LogP contribution in [0.25, 0.3) is 11.2 Å². The Morgan fingerprint density at radius 2 is 1.96 bits per heavy atom. The van der Waals surface area contributed by atoms with Crippen LogP contribution in [0.15, 0.2) is 42.6 Å². The van der Waals surface area contributed by atoms with Crippen LogP contribution in [0, 0.1) is 19.8 Å². The van der Waals surface area contributed by atoms with Crippen LogP contribution >= 0.6 is 0 Å². The zero-order valence-electron chi connectivity index (χ0n) is 16.4. The lowest BCUT2D eigenvalue weighted by Gasteiger charge is -2.33. The van der Waals surface area contributed by atoms with E-state index in [1.165, 1.54) is 0 Å². The van der Waals surface area contributed by atoms with Crippen LogP contribution in [0.3, 0.4) is 0 Å². The molecule has 0 spiro atoms. The number of benzene rings is 1. The molecule has 0 bridgehead atoms. The molecule has 6 nitrogen and oxygen atoms in total. The van der Waals surface area contributed by atoms with Crippen molar-refractivity contribution < 1.29 is 4.79 Å². The van der Waals surface area contributed by atoms with Crippen LogP contribution in [0.1, 0.15) is 29.8 Å². The smallest absolute Gasteiger partial charge is 0.225 e. The molecular formula is C22H25N5O. The van der Waals surface area contributed by atoms with Gasteiger partial charge in [0, 0.05) is 19.6 Å². The number of nitrogens with one attached hydrogen (secondary N) is 1. The Labute approximate surface area is 165 Å². The standard InChI is InChI=1S/C22H25N5O/c1-15-16(2)26-21-20(25-15)11-19(13-23-21)27-10-6-9-18(14-27)22(28)24-12-17-7-4-3-5-8-17/h3-5,7-8,11,13,18H,6,9-10,12,14H2,1-2H3,(H,24,28)/t18-/m1/s1. The average Bonchev–Trinajstić information content (AvgIpc) is 2.73. The van der Waals surface area contributed by atoms with Gasteiger partial charge in [-0.2, -0.15) is 0 Å². The molecule has 1 aliphatic heterocycles. The Hall–Kier alpha value is -3.02. The van der Waals surface area contributed by atoms with Crippen molar-refractivity contribution in [1.82, 2.24) is 20.3 Å². The molecule has 1 fully saturated rings. The second-order valence-corrected chi connectivity index (χ2v) is 7.42. The van der Waals surface area contributed by atoms with Crippen molar-refractivity contribution in [3.63, 3.8) is 0 Å². The number of rotatable bonds is 4. The summed E-state index contributed by atoms with van der Waals surface area (Å²) in [5.41, 5.74) is 5.42. The van der Waals surface area contributed by atoms with Crippen molar-refractivity contribution in [1.29, 1.82) is 0 Å². The minimum absolute atomic E-state index is 0.0148. The molecule has 0 unspecified atom stereocenters. The lowest BCUT2D eigenvalue weighted by molar-refractivity contribution is -0.125. The zero-order chi connectivity index (χ0) is 19.5. The van der Waals surface area contributed by atoms with E-state index in [2.05, 4.69) is 25.2 Å². The van der Waals surface area contributed by atoms with Crippen molar-refractivity contribution in [3.05, 3.63) is 59.5 Å². The van der Waals surface area contributed by atoms with Crippen molar-refractivity contribution in [2.24, 2.45) is 5.92 Å². The van der Waals surface area contributed by atoms with Gasteiger partial charge >= 0.3 is 0 Å². The fraction of sp³-hybridized carbons (Fsp3) is 0.364. The number of amides is 1. The predicted molar refractivity (Wildman–Crippen MR) is 110 cm³/mol. The molecule has 2 aromatic heterocycles. The van der Waals surface area contributed by atoms with Gasteiger partial charge in [0.2, 0.25) is 5.91 Å². The SMILES string of the molecule is Cc1nc2cc(N3CCC[C@@H](C(=O)NCc4ccccc4)C3)cnc2nc1C. The van der Waals surface area contributed by atoms with Gasteiger partial charge in [-0.15, -0.1) is 0 Å². The van der Waals surface area contributed by atoms with E-state index >= 15 is 0 Å². The van der Waals surface area contributed by atoms with Crippen molar-refractivity contribution >= 4 is 22.8 Å². The summed E-state index contributed by atoms with van der Waals surface area (Å²) in [6.07, 6.45) is 3.74. The first-order valence-electron chi connectivity index (χ1n) is 9.78. The third kappa shape index (κ3) is 3.96. The van der Waals surface area contributed by atoms with Crippen LogP contribution < -0.4 is 10.2 Å². The van der Waals surface area contributed by atoms with Crippen LogP contribution in [0.4, 0.5) is 5.69 Å². The molecule has 1 N–H and O–H groups in total. The quantitative estimate of drug-likeness (QED) is 0.758. The van der Waals surface area contributed by atoms with E-state index in [0.29, 0.717) is 18.7 Å². The molecule has 0 aliphatic carbocycles. The van der Waals surface area contributed by atoms with E-state index < -0.39 is 0 Å². The number of nitrogens with zero attached hydrogens (tertiary/aromatic N) is 4. The fourth-order valence-corrected chi connectivity index (χ4v) is 3.63. The van der Waals surface area contributed by atoms with E-state index in [-0.39, 0.29) is 11.8 Å². The highest BCUT2D eigenvalue weighted by Gasteiger charge is 2.26. The minimum atomic E-state index is -0.0148. The van der Waals surface area contributed by atoms with Gasteiger partial charge < -0.3 is 10.2 Å². The summed E-state index contributed by atoms with van der Waals surface area (Å²) in [5, 5.41) is 3.08. The van der Waals surface area contributed by atoms with Crippen LogP contribution in [0.2, 0.25) is 0 Å². The fourth-order valence-electron chi connectivity index (χ4n) is 3.63. The normalized spacial score (nSPS) is 16.9. The molecule has 1 aromatic carbocycles. The van der Waals surface area contributed by atoms with E-state index in [9.17, 15) is 4.79 Å². The maximum absolute atomic E-state index is 12.7. The van der Waals surface area contributed by atoms with Crippen LogP contribution in [-0.2, 0) is 11.3 Å². The van der Waals surface area contributed by atoms with Gasteiger partial charge in [-0.1, -0.05) is 30.3 Å². The van der Waals surface area contributed by atoms with Gasteiger partial charge in [0.15, 0.2) is 5.65 Å². The summed E-state index contributed by atoms with van der Waals surface area (Å²) in [7, 11) is 0. The number of pyridine rings is 1. The molecule has 0 saturated carbocycles. The number of hydrogen-bond acceptors (Lipinski definition) is 5. The summed E-state index contributed by atoms with van der Waals surface area (Å²) >= 11 is 0. The summed E-state index contributed by atoms with van der Waals surface area (Å²) in [5.74, 6) is 0.104. The highest BCUT2D eigenvalue weighted by molar-refractivity contribution is 5.80. The van der Waals surface area contributed by atoms with E-state index in [1.54, 1.807) is 0 Å². The topological polar surface area (TPSA) is 71.0 Å². The molecule has 4 rings (SSSR count). The monoisotopic (exact) mass is 375 g/mol. The average molecular weight is 375 g/mol. The third-order valence-corrected chi connectivity index (χ3v) is 5.39. The van der Waals surface area contributed by atoms with Gasteiger partial charge in [-0.25, -0.2) is 15.0 Å². The third-order valence-electron chi connectivity index (χ3n) is 5.39. The Kier molecular flexibility index (Phi) is 5.19. The van der Waals surface area contributed by atoms with E-state index in [4.69, 9.17) is 0 Å². The molecule has 1 atom stereocenters. The number of piperidine rings is 1.